The van der Waals surface area contributed by atoms with E-state index in [0.717, 1.165) is 22.3 Å². The number of carboxylic acid groups (broad SMARTS) is 1. The summed E-state index contributed by atoms with van der Waals surface area (Å²) in [5.74, 6) is -0.222. The van der Waals surface area contributed by atoms with Gasteiger partial charge in [0.05, 0.1) is 20.1 Å². The Morgan fingerprint density at radius 1 is 1.14 bits per heavy atom. The van der Waals surface area contributed by atoms with E-state index < -0.39 is 5.97 Å². The van der Waals surface area contributed by atoms with Gasteiger partial charge in [0, 0.05) is 5.56 Å². The average Bonchev–Trinajstić information content (AvgIpc) is 2.46. The van der Waals surface area contributed by atoms with E-state index in [4.69, 9.17) is 9.84 Å². The molecule has 21 heavy (non-hydrogen) atoms. The summed E-state index contributed by atoms with van der Waals surface area (Å²) >= 11 is 0. The number of hydrogen-bond donors (Lipinski definition) is 2. The molecule has 0 unspecified atom stereocenters. The van der Waals surface area contributed by atoms with E-state index in [1.807, 2.05) is 25.1 Å². The zero-order valence-corrected chi connectivity index (χ0v) is 12.1. The van der Waals surface area contributed by atoms with Gasteiger partial charge in [-0.15, -0.1) is 0 Å². The predicted octanol–water partition coefficient (Wildman–Crippen LogP) is 2.79. The molecular formula is C17H18O4. The molecule has 0 aromatic heterocycles. The van der Waals surface area contributed by atoms with Crippen molar-refractivity contribution in [3.8, 4) is 16.9 Å². The molecule has 0 heterocycles. The first kappa shape index (κ1) is 15.1. The number of aliphatic hydroxyl groups is 1. The summed E-state index contributed by atoms with van der Waals surface area (Å²) in [6, 6.07) is 11.1. The number of hydrogen-bond acceptors (Lipinski definition) is 3. The molecule has 0 saturated carbocycles. The zero-order valence-electron chi connectivity index (χ0n) is 12.1. The second-order valence-corrected chi connectivity index (χ2v) is 4.92. The summed E-state index contributed by atoms with van der Waals surface area (Å²) in [7, 11) is 1.57. The fourth-order valence-electron chi connectivity index (χ4n) is 2.37. The van der Waals surface area contributed by atoms with Crippen LogP contribution in [0.15, 0.2) is 36.4 Å². The van der Waals surface area contributed by atoms with Crippen molar-refractivity contribution in [1.82, 2.24) is 0 Å². The maximum atomic E-state index is 10.9. The van der Waals surface area contributed by atoms with E-state index >= 15 is 0 Å². The van der Waals surface area contributed by atoms with E-state index in [0.29, 0.717) is 11.3 Å². The lowest BCUT2D eigenvalue weighted by Crippen LogP contribution is -2.01. The Kier molecular flexibility index (Phi) is 4.60. The lowest BCUT2D eigenvalue weighted by Gasteiger charge is -2.14. The first-order valence-corrected chi connectivity index (χ1v) is 6.64. The Hall–Kier alpha value is -2.33. The standard InChI is InChI=1S/C17H18O4/c1-11-3-5-14(13(7-11)10-18)15-8-12(9-17(19)20)4-6-16(15)21-2/h3-8,18H,9-10H2,1-2H3,(H,19,20). The van der Waals surface area contributed by atoms with Crippen molar-refractivity contribution >= 4 is 5.97 Å². The van der Waals surface area contributed by atoms with E-state index in [1.165, 1.54) is 0 Å². The van der Waals surface area contributed by atoms with E-state index in [9.17, 15) is 9.90 Å². The van der Waals surface area contributed by atoms with Crippen molar-refractivity contribution in [2.45, 2.75) is 20.0 Å². The van der Waals surface area contributed by atoms with Crippen LogP contribution in [0.5, 0.6) is 5.75 Å². The number of carbonyl (C=O) groups is 1. The Balaban J connectivity index is 2.57. The van der Waals surface area contributed by atoms with Crippen LogP contribution in [0.2, 0.25) is 0 Å². The highest BCUT2D eigenvalue weighted by Crippen LogP contribution is 2.34. The number of carboxylic acids is 1. The molecule has 2 rings (SSSR count). The summed E-state index contributed by atoms with van der Waals surface area (Å²) in [4.78, 5) is 10.9. The molecule has 0 radical (unpaired) electrons. The number of ether oxygens (including phenoxy) is 1. The van der Waals surface area contributed by atoms with Crippen LogP contribution in [0.4, 0.5) is 0 Å². The van der Waals surface area contributed by atoms with Crippen LogP contribution < -0.4 is 4.74 Å². The molecule has 0 fully saturated rings. The van der Waals surface area contributed by atoms with Crippen molar-refractivity contribution in [1.29, 1.82) is 0 Å². The molecule has 4 heteroatoms. The Morgan fingerprint density at radius 3 is 2.52 bits per heavy atom. The van der Waals surface area contributed by atoms with Gasteiger partial charge < -0.3 is 14.9 Å². The van der Waals surface area contributed by atoms with Crippen LogP contribution in [-0.4, -0.2) is 23.3 Å². The number of methoxy groups -OCH3 is 1. The molecule has 0 aliphatic heterocycles. The summed E-state index contributed by atoms with van der Waals surface area (Å²) in [5, 5.41) is 18.5. The Labute approximate surface area is 123 Å². The van der Waals surface area contributed by atoms with Gasteiger partial charge in [-0.2, -0.15) is 0 Å². The van der Waals surface area contributed by atoms with Crippen LogP contribution in [0.1, 0.15) is 16.7 Å². The highest BCUT2D eigenvalue weighted by Gasteiger charge is 2.12. The van der Waals surface area contributed by atoms with Crippen molar-refractivity contribution < 1.29 is 19.7 Å². The topological polar surface area (TPSA) is 66.8 Å². The molecule has 0 atom stereocenters. The normalized spacial score (nSPS) is 10.4. The zero-order chi connectivity index (χ0) is 15.4. The van der Waals surface area contributed by atoms with Crippen molar-refractivity contribution in [3.05, 3.63) is 53.1 Å². The third kappa shape index (κ3) is 3.41. The SMILES string of the molecule is COc1ccc(CC(=O)O)cc1-c1ccc(C)cc1CO. The largest absolute Gasteiger partial charge is 0.496 e. The fourth-order valence-corrected chi connectivity index (χ4v) is 2.37. The van der Waals surface area contributed by atoms with Gasteiger partial charge in [0.2, 0.25) is 0 Å². The van der Waals surface area contributed by atoms with E-state index in [2.05, 4.69) is 0 Å². The van der Waals surface area contributed by atoms with Gasteiger partial charge in [0.1, 0.15) is 5.75 Å². The second-order valence-electron chi connectivity index (χ2n) is 4.92. The molecule has 2 aromatic carbocycles. The molecule has 2 aromatic rings. The van der Waals surface area contributed by atoms with E-state index in [1.54, 1.807) is 25.3 Å². The first-order chi connectivity index (χ1) is 10.0. The third-order valence-electron chi connectivity index (χ3n) is 3.34. The highest BCUT2D eigenvalue weighted by molar-refractivity contribution is 5.76. The molecule has 0 amide bonds. The van der Waals surface area contributed by atoms with Crippen molar-refractivity contribution in [2.24, 2.45) is 0 Å². The lowest BCUT2D eigenvalue weighted by molar-refractivity contribution is -0.136. The van der Waals surface area contributed by atoms with Crippen molar-refractivity contribution in [3.63, 3.8) is 0 Å². The molecular weight excluding hydrogens is 268 g/mol. The maximum Gasteiger partial charge on any atom is 0.307 e. The number of aliphatic hydroxyl groups excluding tert-OH is 1. The molecule has 2 N–H and O–H groups in total. The summed E-state index contributed by atoms with van der Waals surface area (Å²) < 4.78 is 5.36. The lowest BCUT2D eigenvalue weighted by atomic mass is 9.95. The van der Waals surface area contributed by atoms with E-state index in [-0.39, 0.29) is 13.0 Å². The molecule has 0 aliphatic carbocycles. The van der Waals surface area contributed by atoms with Crippen LogP contribution >= 0.6 is 0 Å². The van der Waals surface area contributed by atoms with Gasteiger partial charge in [0.15, 0.2) is 0 Å². The summed E-state index contributed by atoms with van der Waals surface area (Å²) in [6.07, 6.45) is -0.0443. The number of benzene rings is 2. The molecule has 4 nitrogen and oxygen atoms in total. The smallest absolute Gasteiger partial charge is 0.307 e. The van der Waals surface area contributed by atoms with Gasteiger partial charge in [-0.25, -0.2) is 0 Å². The molecule has 0 bridgehead atoms. The van der Waals surface area contributed by atoms with Gasteiger partial charge in [-0.05, 0) is 35.7 Å². The second kappa shape index (κ2) is 6.41. The van der Waals surface area contributed by atoms with Crippen LogP contribution in [0.3, 0.4) is 0 Å². The first-order valence-electron chi connectivity index (χ1n) is 6.64. The van der Waals surface area contributed by atoms with Crippen LogP contribution in [0, 0.1) is 6.92 Å². The van der Waals surface area contributed by atoms with Crippen molar-refractivity contribution in [2.75, 3.05) is 7.11 Å². The minimum atomic E-state index is -0.877. The predicted molar refractivity (Wildman–Crippen MR) is 80.4 cm³/mol. The molecule has 0 saturated heterocycles. The summed E-state index contributed by atoms with van der Waals surface area (Å²) in [6.45, 7) is 1.88. The van der Waals surface area contributed by atoms with Gasteiger partial charge in [0.25, 0.3) is 0 Å². The number of aryl methyl sites for hydroxylation is 1. The minimum Gasteiger partial charge on any atom is -0.496 e. The average molecular weight is 286 g/mol. The van der Waals surface area contributed by atoms with Gasteiger partial charge in [-0.3, -0.25) is 4.79 Å². The number of aliphatic carboxylic acids is 1. The highest BCUT2D eigenvalue weighted by atomic mass is 16.5. The fraction of sp³-hybridized carbons (Fsp3) is 0.235. The quantitative estimate of drug-likeness (QED) is 0.887. The Bertz CT molecular complexity index is 662. The molecule has 0 spiro atoms. The molecule has 0 aliphatic rings. The van der Waals surface area contributed by atoms with Gasteiger partial charge >= 0.3 is 5.97 Å². The monoisotopic (exact) mass is 286 g/mol. The third-order valence-corrected chi connectivity index (χ3v) is 3.34. The van der Waals surface area contributed by atoms with Gasteiger partial charge in [-0.1, -0.05) is 29.8 Å². The maximum absolute atomic E-state index is 10.9. The van der Waals surface area contributed by atoms with Crippen LogP contribution in [-0.2, 0) is 17.8 Å². The summed E-state index contributed by atoms with van der Waals surface area (Å²) in [5.41, 5.74) is 4.19. The minimum absolute atomic E-state index is 0.0443. The Morgan fingerprint density at radius 2 is 1.90 bits per heavy atom. The molecule has 110 valence electrons. The number of rotatable bonds is 5. The van der Waals surface area contributed by atoms with Crippen LogP contribution in [0.25, 0.3) is 11.1 Å².